The van der Waals surface area contributed by atoms with E-state index in [1.807, 2.05) is 30.5 Å². The summed E-state index contributed by atoms with van der Waals surface area (Å²) in [7, 11) is 0. The van der Waals surface area contributed by atoms with Gasteiger partial charge in [0, 0.05) is 11.1 Å². The number of aromatic nitrogens is 3. The molecule has 0 aliphatic heterocycles. The van der Waals surface area contributed by atoms with E-state index in [2.05, 4.69) is 15.0 Å². The SMILES string of the molecule is CSc1ccc(-c2nc3cnccc3[nH]2)c(OCC[S+](C)[O-])c1. The summed E-state index contributed by atoms with van der Waals surface area (Å²) >= 11 is 0.779. The van der Waals surface area contributed by atoms with Crippen LogP contribution in [-0.2, 0) is 11.2 Å². The second kappa shape index (κ2) is 7.25. The molecule has 2 heterocycles. The predicted molar refractivity (Wildman–Crippen MR) is 95.5 cm³/mol. The van der Waals surface area contributed by atoms with Gasteiger partial charge in [-0.2, -0.15) is 0 Å². The number of ether oxygens (including phenoxy) is 1. The summed E-state index contributed by atoms with van der Waals surface area (Å²) in [6.07, 6.45) is 7.16. The first-order chi connectivity index (χ1) is 11.2. The number of fused-ring (bicyclic) bond motifs is 1. The zero-order valence-corrected chi connectivity index (χ0v) is 14.5. The monoisotopic (exact) mass is 347 g/mol. The maximum atomic E-state index is 11.2. The Labute approximate surface area is 142 Å². The van der Waals surface area contributed by atoms with Crippen molar-refractivity contribution < 1.29 is 9.29 Å². The van der Waals surface area contributed by atoms with E-state index in [4.69, 9.17) is 4.74 Å². The van der Waals surface area contributed by atoms with Gasteiger partial charge in [-0.1, -0.05) is 11.2 Å². The summed E-state index contributed by atoms with van der Waals surface area (Å²) in [4.78, 5) is 13.1. The van der Waals surface area contributed by atoms with Crippen LogP contribution in [0.4, 0.5) is 0 Å². The van der Waals surface area contributed by atoms with Crippen molar-refractivity contribution in [3.8, 4) is 17.1 Å². The summed E-state index contributed by atoms with van der Waals surface area (Å²) < 4.78 is 17.1. The maximum absolute atomic E-state index is 11.2. The number of aromatic amines is 1. The number of rotatable bonds is 6. The third-order valence-electron chi connectivity index (χ3n) is 3.36. The Hall–Kier alpha value is -1.70. The third kappa shape index (κ3) is 3.80. The Morgan fingerprint density at radius 2 is 2.22 bits per heavy atom. The quantitative estimate of drug-likeness (QED) is 0.548. The van der Waals surface area contributed by atoms with Crippen LogP contribution in [0.25, 0.3) is 22.4 Å². The van der Waals surface area contributed by atoms with Gasteiger partial charge in [-0.15, -0.1) is 11.8 Å². The number of hydrogen-bond donors (Lipinski definition) is 1. The Morgan fingerprint density at radius 3 is 2.96 bits per heavy atom. The Bertz CT molecular complexity index is 772. The van der Waals surface area contributed by atoms with Crippen molar-refractivity contribution in [1.29, 1.82) is 0 Å². The molecule has 1 atom stereocenters. The van der Waals surface area contributed by atoms with Gasteiger partial charge in [0.25, 0.3) is 0 Å². The van der Waals surface area contributed by atoms with Crippen molar-refractivity contribution in [3.05, 3.63) is 36.7 Å². The number of imidazole rings is 1. The number of hydrogen-bond acceptors (Lipinski definition) is 5. The van der Waals surface area contributed by atoms with Gasteiger partial charge in [0.05, 0.1) is 23.5 Å². The Balaban J connectivity index is 1.96. The average molecular weight is 347 g/mol. The van der Waals surface area contributed by atoms with Crippen LogP contribution in [0.2, 0.25) is 0 Å². The first-order valence-electron chi connectivity index (χ1n) is 7.08. The lowest BCUT2D eigenvalue weighted by Crippen LogP contribution is -2.12. The smallest absolute Gasteiger partial charge is 0.142 e. The van der Waals surface area contributed by atoms with Gasteiger partial charge in [-0.05, 0) is 30.5 Å². The molecule has 5 nitrogen and oxygen atoms in total. The maximum Gasteiger partial charge on any atom is 0.142 e. The highest BCUT2D eigenvalue weighted by atomic mass is 32.2. The zero-order valence-electron chi connectivity index (χ0n) is 12.9. The number of benzene rings is 1. The van der Waals surface area contributed by atoms with Gasteiger partial charge < -0.3 is 14.3 Å². The Morgan fingerprint density at radius 1 is 1.35 bits per heavy atom. The number of nitrogens with zero attached hydrogens (tertiary/aromatic N) is 2. The number of H-pyrrole nitrogens is 1. The highest BCUT2D eigenvalue weighted by Gasteiger charge is 2.13. The molecule has 3 rings (SSSR count). The molecule has 23 heavy (non-hydrogen) atoms. The van der Waals surface area contributed by atoms with Crippen LogP contribution in [0, 0.1) is 0 Å². The van der Waals surface area contributed by atoms with E-state index in [0.717, 1.165) is 33.1 Å². The van der Waals surface area contributed by atoms with Crippen LogP contribution in [0.5, 0.6) is 5.75 Å². The fourth-order valence-electron chi connectivity index (χ4n) is 2.20. The molecular formula is C16H17N3O2S2. The minimum absolute atomic E-state index is 0.412. The van der Waals surface area contributed by atoms with Gasteiger partial charge in [-0.25, -0.2) is 4.98 Å². The topological polar surface area (TPSA) is 73.9 Å². The second-order valence-electron chi connectivity index (χ2n) is 4.97. The van der Waals surface area contributed by atoms with Crippen molar-refractivity contribution >= 4 is 34.0 Å². The van der Waals surface area contributed by atoms with Gasteiger partial charge in [0.15, 0.2) is 0 Å². The lowest BCUT2D eigenvalue weighted by atomic mass is 10.2. The second-order valence-corrected chi connectivity index (χ2v) is 7.40. The average Bonchev–Trinajstić information content (AvgIpc) is 2.98. The van der Waals surface area contributed by atoms with E-state index in [1.165, 1.54) is 0 Å². The van der Waals surface area contributed by atoms with Crippen LogP contribution in [0.15, 0.2) is 41.6 Å². The molecule has 0 amide bonds. The fourth-order valence-corrected chi connectivity index (χ4v) is 2.95. The largest absolute Gasteiger partial charge is 0.616 e. The molecule has 1 aromatic carbocycles. The molecule has 120 valence electrons. The highest BCUT2D eigenvalue weighted by Crippen LogP contribution is 2.33. The molecule has 0 saturated carbocycles. The lowest BCUT2D eigenvalue weighted by Gasteiger charge is -2.12. The molecule has 1 N–H and O–H groups in total. The lowest BCUT2D eigenvalue weighted by molar-refractivity contribution is 0.341. The molecule has 0 bridgehead atoms. The molecule has 7 heteroatoms. The molecule has 1 unspecified atom stereocenters. The molecule has 3 aromatic rings. The van der Waals surface area contributed by atoms with Crippen LogP contribution < -0.4 is 4.74 Å². The highest BCUT2D eigenvalue weighted by molar-refractivity contribution is 7.98. The third-order valence-corrected chi connectivity index (χ3v) is 4.82. The van der Waals surface area contributed by atoms with E-state index in [-0.39, 0.29) is 0 Å². The van der Waals surface area contributed by atoms with Crippen LogP contribution in [0.1, 0.15) is 0 Å². The zero-order chi connectivity index (χ0) is 16.2. The first kappa shape index (κ1) is 16.2. The van der Waals surface area contributed by atoms with Crippen molar-refractivity contribution in [1.82, 2.24) is 15.0 Å². The van der Waals surface area contributed by atoms with E-state index in [9.17, 15) is 4.55 Å². The molecular weight excluding hydrogens is 330 g/mol. The van der Waals surface area contributed by atoms with Gasteiger partial charge in [0.1, 0.15) is 29.5 Å². The van der Waals surface area contributed by atoms with Gasteiger partial charge in [-0.3, -0.25) is 4.98 Å². The summed E-state index contributed by atoms with van der Waals surface area (Å²) in [5.74, 6) is 2.00. The van der Waals surface area contributed by atoms with E-state index in [1.54, 1.807) is 30.4 Å². The minimum Gasteiger partial charge on any atom is -0.616 e. The summed E-state index contributed by atoms with van der Waals surface area (Å²) in [5.41, 5.74) is 2.64. The minimum atomic E-state index is -0.872. The van der Waals surface area contributed by atoms with Crippen LogP contribution >= 0.6 is 11.8 Å². The van der Waals surface area contributed by atoms with E-state index < -0.39 is 11.2 Å². The predicted octanol–water partition coefficient (Wildman–Crippen LogP) is 3.10. The van der Waals surface area contributed by atoms with Crippen molar-refractivity contribution in [2.75, 3.05) is 24.9 Å². The van der Waals surface area contributed by atoms with Crippen molar-refractivity contribution in [2.24, 2.45) is 0 Å². The first-order valence-corrected chi connectivity index (χ1v) is 10.0. The van der Waals surface area contributed by atoms with E-state index >= 15 is 0 Å². The fraction of sp³-hybridized carbons (Fsp3) is 0.250. The normalized spacial score (nSPS) is 12.5. The molecule has 0 aliphatic rings. The molecule has 0 spiro atoms. The molecule has 0 fully saturated rings. The Kier molecular flexibility index (Phi) is 5.09. The number of nitrogens with one attached hydrogen (secondary N) is 1. The van der Waals surface area contributed by atoms with Gasteiger partial charge in [0.2, 0.25) is 0 Å². The summed E-state index contributed by atoms with van der Waals surface area (Å²) in [5, 5.41) is 0. The molecule has 0 radical (unpaired) electrons. The summed E-state index contributed by atoms with van der Waals surface area (Å²) in [6, 6.07) is 7.92. The molecule has 0 aliphatic carbocycles. The molecule has 2 aromatic heterocycles. The van der Waals surface area contributed by atoms with Gasteiger partial charge >= 0.3 is 0 Å². The number of pyridine rings is 1. The van der Waals surface area contributed by atoms with Crippen LogP contribution in [-0.4, -0.2) is 44.4 Å². The molecule has 0 saturated heterocycles. The standard InChI is InChI=1S/C16H17N3O2S2/c1-22-11-3-4-12(15(9-11)21-7-8-23(2)20)16-18-13-5-6-17-10-14(13)19-16/h3-6,9-10H,7-8H2,1-2H3,(H,18,19). The van der Waals surface area contributed by atoms with Crippen molar-refractivity contribution in [2.45, 2.75) is 4.90 Å². The van der Waals surface area contributed by atoms with Crippen molar-refractivity contribution in [3.63, 3.8) is 0 Å². The summed E-state index contributed by atoms with van der Waals surface area (Å²) in [6.45, 7) is 0.412. The van der Waals surface area contributed by atoms with Crippen LogP contribution in [0.3, 0.4) is 0 Å². The van der Waals surface area contributed by atoms with E-state index in [0.29, 0.717) is 12.4 Å². The number of thioether (sulfide) groups is 1.